The number of thiazole rings is 1. The molecule has 8 nitrogen and oxygen atoms in total. The molecule has 2 aromatic carbocycles. The summed E-state index contributed by atoms with van der Waals surface area (Å²) in [7, 11) is 1.58. The van der Waals surface area contributed by atoms with Crippen LogP contribution < -0.4 is 9.75 Å². The SMILES string of the molecule is COc1ccc2nc(N(/N=C/c3cccs3)C(=O)c3ccc([N+](=O)[O-])cc3)sc2c1. The van der Waals surface area contributed by atoms with Gasteiger partial charge in [0.15, 0.2) is 0 Å². The Morgan fingerprint density at radius 3 is 2.70 bits per heavy atom. The Morgan fingerprint density at radius 1 is 1.23 bits per heavy atom. The number of nitro groups is 1. The van der Waals surface area contributed by atoms with Crippen LogP contribution in [0, 0.1) is 10.1 Å². The predicted octanol–water partition coefficient (Wildman–Crippen LogP) is 4.96. The van der Waals surface area contributed by atoms with Gasteiger partial charge in [-0.2, -0.15) is 10.1 Å². The number of hydrogen-bond donors (Lipinski definition) is 0. The fourth-order valence-electron chi connectivity index (χ4n) is 2.63. The first-order valence-corrected chi connectivity index (χ1v) is 10.4. The van der Waals surface area contributed by atoms with Gasteiger partial charge in [-0.25, -0.2) is 4.98 Å². The zero-order chi connectivity index (χ0) is 21.1. The highest BCUT2D eigenvalue weighted by Crippen LogP contribution is 2.32. The van der Waals surface area contributed by atoms with E-state index in [0.717, 1.165) is 9.58 Å². The van der Waals surface area contributed by atoms with Crippen LogP contribution in [0.4, 0.5) is 10.8 Å². The number of hydrazone groups is 1. The van der Waals surface area contributed by atoms with Crippen molar-refractivity contribution in [2.75, 3.05) is 12.1 Å². The lowest BCUT2D eigenvalue weighted by atomic mass is 10.2. The summed E-state index contributed by atoms with van der Waals surface area (Å²) in [6, 6.07) is 14.6. The molecule has 0 fully saturated rings. The second-order valence-corrected chi connectivity index (χ2v) is 8.00. The quantitative estimate of drug-likeness (QED) is 0.241. The fourth-order valence-corrected chi connectivity index (χ4v) is 4.16. The molecule has 150 valence electrons. The van der Waals surface area contributed by atoms with Gasteiger partial charge in [0, 0.05) is 22.6 Å². The average Bonchev–Trinajstić information content (AvgIpc) is 3.43. The van der Waals surface area contributed by atoms with Crippen LogP contribution in [0.25, 0.3) is 10.2 Å². The lowest BCUT2D eigenvalue weighted by molar-refractivity contribution is -0.384. The summed E-state index contributed by atoms with van der Waals surface area (Å²) in [5.74, 6) is 0.247. The standard InChI is InChI=1S/C20H14N4O4S2/c1-28-15-8-9-17-18(11-15)30-20(22-17)23(21-12-16-3-2-10-29-16)19(25)13-4-6-14(7-5-13)24(26)27/h2-12H,1H3/b21-12+. The normalized spacial score (nSPS) is 11.1. The summed E-state index contributed by atoms with van der Waals surface area (Å²) >= 11 is 2.79. The minimum Gasteiger partial charge on any atom is -0.497 e. The van der Waals surface area contributed by atoms with Crippen LogP contribution in [0.1, 0.15) is 15.2 Å². The van der Waals surface area contributed by atoms with Crippen LogP contribution in [0.15, 0.2) is 65.1 Å². The molecule has 2 aromatic heterocycles. The maximum Gasteiger partial charge on any atom is 0.280 e. The van der Waals surface area contributed by atoms with Gasteiger partial charge in [0.05, 0.1) is 28.5 Å². The summed E-state index contributed by atoms with van der Waals surface area (Å²) in [6.07, 6.45) is 1.58. The number of nitrogens with zero attached hydrogens (tertiary/aromatic N) is 4. The molecule has 0 atom stereocenters. The van der Waals surface area contributed by atoms with E-state index in [1.807, 2.05) is 29.6 Å². The van der Waals surface area contributed by atoms with Gasteiger partial charge in [0.1, 0.15) is 5.75 Å². The van der Waals surface area contributed by atoms with Gasteiger partial charge in [0.25, 0.3) is 11.6 Å². The predicted molar refractivity (Wildman–Crippen MR) is 118 cm³/mol. The van der Waals surface area contributed by atoms with E-state index in [2.05, 4.69) is 10.1 Å². The zero-order valence-corrected chi connectivity index (χ0v) is 17.2. The van der Waals surface area contributed by atoms with Crippen molar-refractivity contribution in [3.05, 3.63) is 80.5 Å². The first-order chi connectivity index (χ1) is 14.5. The molecule has 0 N–H and O–H groups in total. The lowest BCUT2D eigenvalue weighted by Gasteiger charge is -2.13. The molecular formula is C20H14N4O4S2. The number of nitro benzene ring substituents is 1. The van der Waals surface area contributed by atoms with Gasteiger partial charge < -0.3 is 4.74 Å². The van der Waals surface area contributed by atoms with E-state index in [9.17, 15) is 14.9 Å². The van der Waals surface area contributed by atoms with Crippen molar-refractivity contribution < 1.29 is 14.5 Å². The van der Waals surface area contributed by atoms with Crippen LogP contribution in [0.5, 0.6) is 5.75 Å². The number of hydrogen-bond acceptors (Lipinski definition) is 8. The Bertz CT molecular complexity index is 1230. The Hall–Kier alpha value is -3.63. The number of non-ortho nitro benzene ring substituents is 1. The minimum atomic E-state index is -0.512. The molecule has 0 saturated heterocycles. The number of thiophene rings is 1. The number of benzene rings is 2. The van der Waals surface area contributed by atoms with E-state index in [0.29, 0.717) is 16.4 Å². The smallest absolute Gasteiger partial charge is 0.280 e. The third-order valence-electron chi connectivity index (χ3n) is 4.13. The molecular weight excluding hydrogens is 424 g/mol. The van der Waals surface area contributed by atoms with E-state index in [-0.39, 0.29) is 11.3 Å². The van der Waals surface area contributed by atoms with Crippen LogP contribution >= 0.6 is 22.7 Å². The molecule has 0 aliphatic carbocycles. The molecule has 4 aromatic rings. The van der Waals surface area contributed by atoms with Crippen LogP contribution in [0.3, 0.4) is 0 Å². The number of carbonyl (C=O) groups is 1. The Kier molecular flexibility index (Phi) is 5.50. The monoisotopic (exact) mass is 438 g/mol. The molecule has 1 amide bonds. The Morgan fingerprint density at radius 2 is 2.03 bits per heavy atom. The van der Waals surface area contributed by atoms with Gasteiger partial charge >= 0.3 is 0 Å². The van der Waals surface area contributed by atoms with E-state index in [4.69, 9.17) is 4.74 Å². The summed E-state index contributed by atoms with van der Waals surface area (Å²) in [5, 5.41) is 18.8. The molecule has 0 unspecified atom stereocenters. The second-order valence-electron chi connectivity index (χ2n) is 6.01. The fraction of sp³-hybridized carbons (Fsp3) is 0.0500. The highest BCUT2D eigenvalue weighted by molar-refractivity contribution is 7.22. The number of aromatic nitrogens is 1. The number of rotatable bonds is 6. The van der Waals surface area contributed by atoms with Crippen molar-refractivity contribution in [3.8, 4) is 5.75 Å². The van der Waals surface area contributed by atoms with Crippen LogP contribution in [-0.4, -0.2) is 29.1 Å². The minimum absolute atomic E-state index is 0.0905. The number of anilines is 1. The van der Waals surface area contributed by atoms with Gasteiger partial charge in [-0.1, -0.05) is 17.4 Å². The van der Waals surface area contributed by atoms with Crippen molar-refractivity contribution >= 4 is 55.8 Å². The van der Waals surface area contributed by atoms with Gasteiger partial charge in [-0.3, -0.25) is 14.9 Å². The number of carbonyl (C=O) groups excluding carboxylic acids is 1. The maximum absolute atomic E-state index is 13.2. The maximum atomic E-state index is 13.2. The molecule has 10 heteroatoms. The number of ether oxygens (including phenoxy) is 1. The highest BCUT2D eigenvalue weighted by Gasteiger charge is 2.22. The van der Waals surface area contributed by atoms with Crippen LogP contribution in [-0.2, 0) is 0 Å². The molecule has 2 heterocycles. The van der Waals surface area contributed by atoms with E-state index in [1.54, 1.807) is 19.4 Å². The molecule has 0 aliphatic heterocycles. The van der Waals surface area contributed by atoms with Crippen LogP contribution in [0.2, 0.25) is 0 Å². The molecule has 0 aliphatic rings. The van der Waals surface area contributed by atoms with Crippen molar-refractivity contribution in [1.82, 2.24) is 4.98 Å². The lowest BCUT2D eigenvalue weighted by Crippen LogP contribution is -2.25. The molecule has 0 radical (unpaired) electrons. The van der Waals surface area contributed by atoms with Crippen molar-refractivity contribution in [1.29, 1.82) is 0 Å². The molecule has 30 heavy (non-hydrogen) atoms. The summed E-state index contributed by atoms with van der Waals surface area (Å²) < 4.78 is 6.10. The van der Waals surface area contributed by atoms with E-state index in [1.165, 1.54) is 51.9 Å². The molecule has 0 saturated carbocycles. The Balaban J connectivity index is 1.74. The first-order valence-electron chi connectivity index (χ1n) is 8.66. The molecule has 0 spiro atoms. The topological polar surface area (TPSA) is 97.9 Å². The third kappa shape index (κ3) is 4.04. The number of methoxy groups -OCH3 is 1. The summed E-state index contributed by atoms with van der Waals surface area (Å²) in [6.45, 7) is 0. The van der Waals surface area contributed by atoms with Gasteiger partial charge in [-0.15, -0.1) is 11.3 Å². The third-order valence-corrected chi connectivity index (χ3v) is 5.93. The van der Waals surface area contributed by atoms with Crippen molar-refractivity contribution in [2.24, 2.45) is 5.10 Å². The van der Waals surface area contributed by atoms with Crippen molar-refractivity contribution in [2.45, 2.75) is 0 Å². The largest absolute Gasteiger partial charge is 0.497 e. The zero-order valence-electron chi connectivity index (χ0n) is 15.6. The van der Waals surface area contributed by atoms with Gasteiger partial charge in [0.2, 0.25) is 5.13 Å². The summed E-state index contributed by atoms with van der Waals surface area (Å²) in [5.41, 5.74) is 0.886. The summed E-state index contributed by atoms with van der Waals surface area (Å²) in [4.78, 5) is 29.0. The number of amides is 1. The first kappa shape index (κ1) is 19.7. The van der Waals surface area contributed by atoms with Gasteiger partial charge in [-0.05, 0) is 41.8 Å². The molecule has 4 rings (SSSR count). The number of fused-ring (bicyclic) bond motifs is 1. The Labute approximate surface area is 178 Å². The van der Waals surface area contributed by atoms with Crippen molar-refractivity contribution in [3.63, 3.8) is 0 Å². The average molecular weight is 438 g/mol. The second kappa shape index (κ2) is 8.39. The molecule has 0 bridgehead atoms. The van der Waals surface area contributed by atoms with E-state index >= 15 is 0 Å². The highest BCUT2D eigenvalue weighted by atomic mass is 32.1. The van der Waals surface area contributed by atoms with E-state index < -0.39 is 10.8 Å².